The van der Waals surface area contributed by atoms with Crippen molar-refractivity contribution in [3.05, 3.63) is 65.4 Å². The molecule has 6 heteroatoms. The van der Waals surface area contributed by atoms with Gasteiger partial charge in [-0.3, -0.25) is 4.79 Å². The number of benzene rings is 1. The van der Waals surface area contributed by atoms with Crippen LogP contribution >= 0.6 is 0 Å². The number of para-hydroxylation sites is 1. The fourth-order valence-corrected chi connectivity index (χ4v) is 2.51. The summed E-state index contributed by atoms with van der Waals surface area (Å²) in [5, 5.41) is 7.24. The Hall–Kier alpha value is -3.02. The molecule has 0 bridgehead atoms. The third-order valence-electron chi connectivity index (χ3n) is 3.75. The van der Waals surface area contributed by atoms with E-state index < -0.39 is 0 Å². The van der Waals surface area contributed by atoms with E-state index in [0.29, 0.717) is 17.3 Å². The van der Waals surface area contributed by atoms with E-state index in [1.807, 2.05) is 58.0 Å². The van der Waals surface area contributed by atoms with Crippen LogP contribution < -0.4 is 5.32 Å². The molecule has 2 aromatic heterocycles. The summed E-state index contributed by atoms with van der Waals surface area (Å²) < 4.78 is 1.75. The first-order valence-corrected chi connectivity index (χ1v) is 8.23. The number of hydrogen-bond donors (Lipinski definition) is 1. The van der Waals surface area contributed by atoms with E-state index in [2.05, 4.69) is 20.4 Å². The van der Waals surface area contributed by atoms with Crippen LogP contribution in [0, 0.1) is 13.8 Å². The lowest BCUT2D eigenvalue weighted by Crippen LogP contribution is -2.15. The minimum atomic E-state index is -0.286. The van der Waals surface area contributed by atoms with E-state index in [4.69, 9.17) is 0 Å². The predicted molar refractivity (Wildman–Crippen MR) is 97.1 cm³/mol. The van der Waals surface area contributed by atoms with Crippen molar-refractivity contribution < 1.29 is 4.79 Å². The van der Waals surface area contributed by atoms with Gasteiger partial charge in [0, 0.05) is 23.4 Å². The number of nitrogens with zero attached hydrogens (tertiary/aromatic N) is 4. The monoisotopic (exact) mass is 335 g/mol. The second kappa shape index (κ2) is 6.84. The minimum Gasteiger partial charge on any atom is -0.305 e. The van der Waals surface area contributed by atoms with Gasteiger partial charge in [0.1, 0.15) is 11.6 Å². The number of amides is 1. The van der Waals surface area contributed by atoms with Gasteiger partial charge < -0.3 is 5.32 Å². The number of carbonyl (C=O) groups excluding carboxylic acids is 1. The van der Waals surface area contributed by atoms with Gasteiger partial charge in [-0.25, -0.2) is 14.6 Å². The quantitative estimate of drug-likeness (QED) is 0.790. The minimum absolute atomic E-state index is 0.190. The van der Waals surface area contributed by atoms with Crippen molar-refractivity contribution in [3.63, 3.8) is 0 Å². The molecule has 0 unspecified atom stereocenters. The summed E-state index contributed by atoms with van der Waals surface area (Å²) >= 11 is 0. The molecule has 0 radical (unpaired) electrons. The predicted octanol–water partition coefficient (Wildman–Crippen LogP) is 3.65. The lowest BCUT2D eigenvalue weighted by atomic mass is 10.2. The van der Waals surface area contributed by atoms with Crippen molar-refractivity contribution in [2.45, 2.75) is 33.6 Å². The molecule has 25 heavy (non-hydrogen) atoms. The summed E-state index contributed by atoms with van der Waals surface area (Å²) in [6.45, 7) is 7.84. The fourth-order valence-electron chi connectivity index (χ4n) is 2.51. The summed E-state index contributed by atoms with van der Waals surface area (Å²) in [5.41, 5.74) is 2.97. The van der Waals surface area contributed by atoms with E-state index in [1.165, 1.54) is 0 Å². The molecule has 6 nitrogen and oxygen atoms in total. The van der Waals surface area contributed by atoms with Gasteiger partial charge in [0.05, 0.1) is 5.69 Å². The number of aryl methyl sites for hydroxylation is 2. The summed E-state index contributed by atoms with van der Waals surface area (Å²) in [7, 11) is 0. The fraction of sp³-hybridized carbons (Fsp3) is 0.263. The topological polar surface area (TPSA) is 72.7 Å². The van der Waals surface area contributed by atoms with E-state index in [9.17, 15) is 4.79 Å². The molecule has 0 aliphatic carbocycles. The molecule has 2 heterocycles. The molecular weight excluding hydrogens is 314 g/mol. The third kappa shape index (κ3) is 3.74. The van der Waals surface area contributed by atoms with Gasteiger partial charge in [-0.1, -0.05) is 32.0 Å². The Morgan fingerprint density at radius 2 is 1.80 bits per heavy atom. The Morgan fingerprint density at radius 1 is 1.08 bits per heavy atom. The van der Waals surface area contributed by atoms with Crippen molar-refractivity contribution in [1.29, 1.82) is 0 Å². The number of aromatic nitrogens is 4. The lowest BCUT2D eigenvalue weighted by molar-refractivity contribution is 0.102. The van der Waals surface area contributed by atoms with E-state index in [1.54, 1.807) is 16.8 Å². The molecule has 128 valence electrons. The lowest BCUT2D eigenvalue weighted by Gasteiger charge is -2.08. The zero-order valence-corrected chi connectivity index (χ0v) is 14.8. The highest BCUT2D eigenvalue weighted by atomic mass is 16.2. The van der Waals surface area contributed by atoms with Crippen LogP contribution in [-0.4, -0.2) is 25.7 Å². The van der Waals surface area contributed by atoms with Crippen LogP contribution in [0.5, 0.6) is 0 Å². The van der Waals surface area contributed by atoms with Crippen LogP contribution in [0.3, 0.4) is 0 Å². The standard InChI is InChI=1S/C19H21N5O/c1-12(2)18-20-13(3)10-17(21-18)22-19(25)16-11-14(4)24(23-16)15-8-6-5-7-9-15/h5-12H,1-4H3,(H,20,21,22,25). The summed E-state index contributed by atoms with van der Waals surface area (Å²) in [5.74, 6) is 1.11. The number of anilines is 1. The second-order valence-corrected chi connectivity index (χ2v) is 6.28. The van der Waals surface area contributed by atoms with Crippen LogP contribution in [0.15, 0.2) is 42.5 Å². The van der Waals surface area contributed by atoms with E-state index >= 15 is 0 Å². The van der Waals surface area contributed by atoms with Crippen molar-refractivity contribution in [2.24, 2.45) is 0 Å². The van der Waals surface area contributed by atoms with Crippen molar-refractivity contribution in [1.82, 2.24) is 19.7 Å². The zero-order valence-electron chi connectivity index (χ0n) is 14.8. The van der Waals surface area contributed by atoms with Crippen molar-refractivity contribution in [2.75, 3.05) is 5.32 Å². The molecule has 3 aromatic rings. The van der Waals surface area contributed by atoms with Crippen molar-refractivity contribution >= 4 is 11.7 Å². The molecule has 3 rings (SSSR count). The van der Waals surface area contributed by atoms with Gasteiger partial charge in [-0.05, 0) is 32.0 Å². The van der Waals surface area contributed by atoms with Gasteiger partial charge in [-0.15, -0.1) is 0 Å². The molecule has 1 aromatic carbocycles. The number of nitrogens with one attached hydrogen (secondary N) is 1. The molecule has 0 spiro atoms. The number of rotatable bonds is 4. The highest BCUT2D eigenvalue weighted by Crippen LogP contribution is 2.16. The van der Waals surface area contributed by atoms with Gasteiger partial charge in [0.25, 0.3) is 5.91 Å². The molecule has 0 fully saturated rings. The zero-order chi connectivity index (χ0) is 18.0. The Morgan fingerprint density at radius 3 is 2.48 bits per heavy atom. The first-order chi connectivity index (χ1) is 11.9. The number of carbonyl (C=O) groups is 1. The van der Waals surface area contributed by atoms with Crippen LogP contribution in [-0.2, 0) is 0 Å². The van der Waals surface area contributed by atoms with Crippen LogP contribution in [0.1, 0.15) is 47.5 Å². The normalized spacial score (nSPS) is 10.9. The average Bonchev–Trinajstić information content (AvgIpc) is 2.97. The van der Waals surface area contributed by atoms with Crippen LogP contribution in [0.4, 0.5) is 5.82 Å². The van der Waals surface area contributed by atoms with Gasteiger partial charge in [-0.2, -0.15) is 5.10 Å². The first-order valence-electron chi connectivity index (χ1n) is 8.23. The van der Waals surface area contributed by atoms with Gasteiger partial charge in [0.15, 0.2) is 5.69 Å². The van der Waals surface area contributed by atoms with Gasteiger partial charge in [0.2, 0.25) is 0 Å². The Bertz CT molecular complexity index is 899. The summed E-state index contributed by atoms with van der Waals surface area (Å²) in [6, 6.07) is 13.2. The molecule has 0 atom stereocenters. The number of hydrogen-bond acceptors (Lipinski definition) is 4. The maximum absolute atomic E-state index is 12.6. The molecule has 0 saturated carbocycles. The smallest absolute Gasteiger partial charge is 0.277 e. The Balaban J connectivity index is 1.85. The maximum atomic E-state index is 12.6. The van der Waals surface area contributed by atoms with E-state index in [0.717, 1.165) is 17.1 Å². The molecule has 0 saturated heterocycles. The molecule has 1 N–H and O–H groups in total. The average molecular weight is 335 g/mol. The Kier molecular flexibility index (Phi) is 4.61. The van der Waals surface area contributed by atoms with Crippen molar-refractivity contribution in [3.8, 4) is 5.69 Å². The third-order valence-corrected chi connectivity index (χ3v) is 3.75. The largest absolute Gasteiger partial charge is 0.305 e. The first kappa shape index (κ1) is 16.8. The molecular formula is C19H21N5O. The summed E-state index contributed by atoms with van der Waals surface area (Å²) in [4.78, 5) is 21.4. The summed E-state index contributed by atoms with van der Waals surface area (Å²) in [6.07, 6.45) is 0. The second-order valence-electron chi connectivity index (χ2n) is 6.28. The Labute approximate surface area is 146 Å². The highest BCUT2D eigenvalue weighted by Gasteiger charge is 2.15. The van der Waals surface area contributed by atoms with Crippen LogP contribution in [0.2, 0.25) is 0 Å². The van der Waals surface area contributed by atoms with Crippen LogP contribution in [0.25, 0.3) is 5.69 Å². The molecule has 0 aliphatic rings. The van der Waals surface area contributed by atoms with E-state index in [-0.39, 0.29) is 11.8 Å². The SMILES string of the molecule is Cc1cc(NC(=O)c2cc(C)n(-c3ccccc3)n2)nc(C(C)C)n1. The molecule has 0 aliphatic heterocycles. The maximum Gasteiger partial charge on any atom is 0.277 e. The molecule has 1 amide bonds. The van der Waals surface area contributed by atoms with Gasteiger partial charge >= 0.3 is 0 Å². The highest BCUT2D eigenvalue weighted by molar-refractivity contribution is 6.02.